The first-order valence-corrected chi connectivity index (χ1v) is 8.10. The summed E-state index contributed by atoms with van der Waals surface area (Å²) in [6.45, 7) is 0. The normalized spacial score (nSPS) is 27.2. The molecule has 2 fully saturated rings. The molecule has 3 aliphatic rings. The number of hydrogen-bond donors (Lipinski definition) is 0. The molecule has 0 saturated heterocycles. The molecule has 1 unspecified atom stereocenters. The molecule has 1 spiro atoms. The third kappa shape index (κ3) is 1.81. The number of hydrogen-bond acceptors (Lipinski definition) is 2. The molecule has 1 aromatic rings. The average Bonchev–Trinajstić information content (AvgIpc) is 2.95. The fourth-order valence-corrected chi connectivity index (χ4v) is 4.34. The Bertz CT molecular complexity index is 540. The number of aryl methyl sites for hydroxylation is 2. The van der Waals surface area contributed by atoms with Gasteiger partial charge >= 0.3 is 0 Å². The van der Waals surface area contributed by atoms with E-state index in [0.29, 0.717) is 12.2 Å². The maximum Gasteiger partial charge on any atom is 0.146 e. The standard InChI is InChI=1S/C18H22O2/c19-16-12-17(18(16)9-2-1-3-10-18)20-15-8-7-13-5-4-6-14(13)11-15/h7-8,11,17H,1-6,9-10,12H2. The second-order valence-electron chi connectivity index (χ2n) is 6.73. The van der Waals surface area contributed by atoms with Crippen molar-refractivity contribution < 1.29 is 9.53 Å². The van der Waals surface area contributed by atoms with Crippen molar-refractivity contribution in [3.8, 4) is 5.75 Å². The molecule has 4 rings (SSSR count). The topological polar surface area (TPSA) is 26.3 Å². The van der Waals surface area contributed by atoms with Crippen LogP contribution in [-0.4, -0.2) is 11.9 Å². The van der Waals surface area contributed by atoms with Gasteiger partial charge in [0.1, 0.15) is 17.6 Å². The minimum absolute atomic E-state index is 0.128. The Morgan fingerprint density at radius 3 is 2.60 bits per heavy atom. The zero-order chi connectivity index (χ0) is 13.6. The summed E-state index contributed by atoms with van der Waals surface area (Å²) < 4.78 is 6.22. The first-order chi connectivity index (χ1) is 9.78. The lowest BCUT2D eigenvalue weighted by Gasteiger charge is -2.49. The molecular weight excluding hydrogens is 248 g/mol. The Hall–Kier alpha value is -1.31. The molecular formula is C18H22O2. The van der Waals surface area contributed by atoms with E-state index in [1.807, 2.05) is 0 Å². The van der Waals surface area contributed by atoms with Crippen molar-refractivity contribution in [1.82, 2.24) is 0 Å². The highest BCUT2D eigenvalue weighted by atomic mass is 16.5. The molecule has 0 bridgehead atoms. The maximum absolute atomic E-state index is 12.1. The lowest BCUT2D eigenvalue weighted by atomic mass is 9.57. The number of rotatable bonds is 2. The number of ether oxygens (including phenoxy) is 1. The Morgan fingerprint density at radius 2 is 1.80 bits per heavy atom. The summed E-state index contributed by atoms with van der Waals surface area (Å²) in [7, 11) is 0. The van der Waals surface area contributed by atoms with Gasteiger partial charge in [-0.3, -0.25) is 4.79 Å². The largest absolute Gasteiger partial charge is 0.489 e. The van der Waals surface area contributed by atoms with Crippen LogP contribution in [0.2, 0.25) is 0 Å². The highest BCUT2D eigenvalue weighted by Gasteiger charge is 2.56. The summed E-state index contributed by atoms with van der Waals surface area (Å²) in [6.07, 6.45) is 10.2. The minimum atomic E-state index is -0.128. The van der Waals surface area contributed by atoms with Crippen molar-refractivity contribution in [3.63, 3.8) is 0 Å². The van der Waals surface area contributed by atoms with Gasteiger partial charge in [0.05, 0.1) is 5.41 Å². The van der Waals surface area contributed by atoms with Crippen molar-refractivity contribution >= 4 is 5.78 Å². The molecule has 2 heteroatoms. The van der Waals surface area contributed by atoms with Gasteiger partial charge in [-0.05, 0) is 55.4 Å². The van der Waals surface area contributed by atoms with Crippen molar-refractivity contribution in [3.05, 3.63) is 29.3 Å². The Morgan fingerprint density at radius 1 is 1.00 bits per heavy atom. The SMILES string of the molecule is O=C1CC(Oc2ccc3c(c2)CCC3)C12CCCCC2. The number of carbonyl (C=O) groups excluding carboxylic acids is 1. The lowest BCUT2D eigenvalue weighted by molar-refractivity contribution is -0.156. The molecule has 0 N–H and O–H groups in total. The summed E-state index contributed by atoms with van der Waals surface area (Å²) in [4.78, 5) is 12.1. The number of benzene rings is 1. The Kier molecular flexibility index (Phi) is 2.87. The highest BCUT2D eigenvalue weighted by molar-refractivity contribution is 5.92. The van der Waals surface area contributed by atoms with Crippen LogP contribution in [0.1, 0.15) is 56.1 Å². The summed E-state index contributed by atoms with van der Waals surface area (Å²) in [5.41, 5.74) is 2.80. The molecule has 2 nitrogen and oxygen atoms in total. The van der Waals surface area contributed by atoms with Gasteiger partial charge in [0.25, 0.3) is 0 Å². The highest BCUT2D eigenvalue weighted by Crippen LogP contribution is 2.50. The maximum atomic E-state index is 12.1. The number of Topliss-reactive ketones (excluding diaryl/α,β-unsaturated/α-hetero) is 1. The van der Waals surface area contributed by atoms with E-state index >= 15 is 0 Å². The van der Waals surface area contributed by atoms with E-state index in [-0.39, 0.29) is 11.5 Å². The smallest absolute Gasteiger partial charge is 0.146 e. The Balaban J connectivity index is 1.53. The monoisotopic (exact) mass is 270 g/mol. The number of ketones is 1. The van der Waals surface area contributed by atoms with Crippen LogP contribution in [0.5, 0.6) is 5.75 Å². The molecule has 0 heterocycles. The molecule has 1 atom stereocenters. The Labute approximate surface area is 120 Å². The van der Waals surface area contributed by atoms with Crippen molar-refractivity contribution in [2.45, 2.75) is 63.9 Å². The van der Waals surface area contributed by atoms with Gasteiger partial charge in [-0.25, -0.2) is 0 Å². The molecule has 0 amide bonds. The van der Waals surface area contributed by atoms with E-state index in [1.165, 1.54) is 49.7 Å². The van der Waals surface area contributed by atoms with Crippen LogP contribution in [0.15, 0.2) is 18.2 Å². The van der Waals surface area contributed by atoms with E-state index in [2.05, 4.69) is 18.2 Å². The second kappa shape index (κ2) is 4.61. The molecule has 1 aromatic carbocycles. The molecule has 0 radical (unpaired) electrons. The van der Waals surface area contributed by atoms with Crippen molar-refractivity contribution in [1.29, 1.82) is 0 Å². The third-order valence-electron chi connectivity index (χ3n) is 5.64. The lowest BCUT2D eigenvalue weighted by Crippen LogP contribution is -2.57. The third-order valence-corrected chi connectivity index (χ3v) is 5.64. The average molecular weight is 270 g/mol. The van der Waals surface area contributed by atoms with Crippen LogP contribution in [-0.2, 0) is 17.6 Å². The molecule has 0 aliphatic heterocycles. The molecule has 0 aromatic heterocycles. The van der Waals surface area contributed by atoms with Crippen LogP contribution in [0.4, 0.5) is 0 Å². The van der Waals surface area contributed by atoms with E-state index in [0.717, 1.165) is 18.6 Å². The van der Waals surface area contributed by atoms with Gasteiger partial charge < -0.3 is 4.74 Å². The van der Waals surface area contributed by atoms with E-state index in [4.69, 9.17) is 4.74 Å². The fraction of sp³-hybridized carbons (Fsp3) is 0.611. The fourth-order valence-electron chi connectivity index (χ4n) is 4.34. The van der Waals surface area contributed by atoms with E-state index < -0.39 is 0 Å². The predicted octanol–water partition coefficient (Wildman–Crippen LogP) is 3.85. The first-order valence-electron chi connectivity index (χ1n) is 8.10. The molecule has 20 heavy (non-hydrogen) atoms. The molecule has 3 aliphatic carbocycles. The minimum Gasteiger partial charge on any atom is -0.489 e. The van der Waals surface area contributed by atoms with Crippen LogP contribution < -0.4 is 4.74 Å². The molecule has 106 valence electrons. The number of carbonyl (C=O) groups is 1. The summed E-state index contributed by atoms with van der Waals surface area (Å²) in [5.74, 6) is 1.43. The van der Waals surface area contributed by atoms with Crippen LogP contribution in [0.3, 0.4) is 0 Å². The van der Waals surface area contributed by atoms with Crippen LogP contribution in [0.25, 0.3) is 0 Å². The quantitative estimate of drug-likeness (QED) is 0.816. The van der Waals surface area contributed by atoms with Gasteiger partial charge in [0.15, 0.2) is 0 Å². The van der Waals surface area contributed by atoms with Gasteiger partial charge in [0, 0.05) is 6.42 Å². The second-order valence-corrected chi connectivity index (χ2v) is 6.73. The van der Waals surface area contributed by atoms with Crippen molar-refractivity contribution in [2.24, 2.45) is 5.41 Å². The van der Waals surface area contributed by atoms with Crippen molar-refractivity contribution in [2.75, 3.05) is 0 Å². The summed E-state index contributed by atoms with van der Waals surface area (Å²) in [5, 5.41) is 0. The summed E-state index contributed by atoms with van der Waals surface area (Å²) in [6, 6.07) is 6.52. The zero-order valence-electron chi connectivity index (χ0n) is 12.0. The molecule has 2 saturated carbocycles. The zero-order valence-corrected chi connectivity index (χ0v) is 12.0. The van der Waals surface area contributed by atoms with Gasteiger partial charge in [-0.1, -0.05) is 25.3 Å². The summed E-state index contributed by atoms with van der Waals surface area (Å²) >= 11 is 0. The van der Waals surface area contributed by atoms with Crippen LogP contribution >= 0.6 is 0 Å². The first kappa shape index (κ1) is 12.4. The number of fused-ring (bicyclic) bond motifs is 1. The predicted molar refractivity (Wildman–Crippen MR) is 78.0 cm³/mol. The van der Waals surface area contributed by atoms with Crippen LogP contribution in [0, 0.1) is 5.41 Å². The van der Waals surface area contributed by atoms with Gasteiger partial charge in [-0.15, -0.1) is 0 Å². The van der Waals surface area contributed by atoms with Gasteiger partial charge in [0.2, 0.25) is 0 Å². The van der Waals surface area contributed by atoms with E-state index in [1.54, 1.807) is 0 Å². The van der Waals surface area contributed by atoms with Gasteiger partial charge in [-0.2, -0.15) is 0 Å². The van der Waals surface area contributed by atoms with E-state index in [9.17, 15) is 4.79 Å².